The third kappa shape index (κ3) is 8.20. The van der Waals surface area contributed by atoms with Crippen LogP contribution in [0.15, 0.2) is 41.3 Å². The number of benzene rings is 2. The van der Waals surface area contributed by atoms with Crippen LogP contribution >= 0.6 is 11.8 Å². The summed E-state index contributed by atoms with van der Waals surface area (Å²) in [5.41, 5.74) is 3.58. The van der Waals surface area contributed by atoms with Crippen molar-refractivity contribution in [1.82, 2.24) is 20.3 Å². The van der Waals surface area contributed by atoms with Crippen molar-refractivity contribution in [1.29, 1.82) is 0 Å². The van der Waals surface area contributed by atoms with E-state index in [1.807, 2.05) is 37.6 Å². The highest BCUT2D eigenvalue weighted by molar-refractivity contribution is 7.99. The number of fused-ring (bicyclic) bond motifs is 1. The Bertz CT molecular complexity index is 1270. The number of amides is 1. The molecule has 0 aliphatic heterocycles. The minimum absolute atomic E-state index is 0.397. The summed E-state index contributed by atoms with van der Waals surface area (Å²) in [7, 11) is 0. The molecule has 1 aromatic heterocycles. The zero-order valence-electron chi connectivity index (χ0n) is 20.9. The number of thioether (sulfide) groups is 1. The van der Waals surface area contributed by atoms with Gasteiger partial charge in [-0.25, -0.2) is 14.3 Å². The van der Waals surface area contributed by atoms with Gasteiger partial charge in [-0.15, -0.1) is 16.9 Å². The predicted molar refractivity (Wildman–Crippen MR) is 141 cm³/mol. The molecular weight excluding hydrogens is 478 g/mol. The van der Waals surface area contributed by atoms with Crippen LogP contribution in [0.1, 0.15) is 45.2 Å². The fourth-order valence-electron chi connectivity index (χ4n) is 3.26. The van der Waals surface area contributed by atoms with E-state index in [1.54, 1.807) is 23.9 Å². The molecule has 36 heavy (non-hydrogen) atoms. The Morgan fingerprint density at radius 2 is 1.92 bits per heavy atom. The summed E-state index contributed by atoms with van der Waals surface area (Å²) in [5.74, 6) is 4.56. The molecule has 0 aliphatic rings. The second-order valence-corrected chi connectivity index (χ2v) is 10.2. The minimum Gasteiger partial charge on any atom is -0.472 e. The van der Waals surface area contributed by atoms with Crippen molar-refractivity contribution in [3.8, 4) is 11.8 Å². The van der Waals surface area contributed by atoms with E-state index in [0.717, 1.165) is 39.4 Å². The molecule has 0 atom stereocenters. The number of nitrogens with zero attached hydrogens (tertiary/aromatic N) is 3. The van der Waals surface area contributed by atoms with Crippen molar-refractivity contribution in [3.63, 3.8) is 0 Å². The van der Waals surface area contributed by atoms with Crippen LogP contribution in [0.25, 0.3) is 11.0 Å². The summed E-state index contributed by atoms with van der Waals surface area (Å²) in [6.45, 7) is 9.02. The average molecular weight is 510 g/mol. The Morgan fingerprint density at radius 3 is 2.58 bits per heavy atom. The predicted octanol–water partition coefficient (Wildman–Crippen LogP) is 4.35. The van der Waals surface area contributed by atoms with Gasteiger partial charge in [0.2, 0.25) is 0 Å². The van der Waals surface area contributed by atoms with E-state index in [-0.39, 0.29) is 0 Å². The summed E-state index contributed by atoms with van der Waals surface area (Å²) >= 11 is 1.77. The highest BCUT2D eigenvalue weighted by Crippen LogP contribution is 2.30. The number of carbonyl (C=O) groups is 2. The van der Waals surface area contributed by atoms with Crippen LogP contribution in [0.3, 0.4) is 0 Å². The van der Waals surface area contributed by atoms with Gasteiger partial charge in [-0.2, -0.15) is 0 Å². The van der Waals surface area contributed by atoms with Crippen LogP contribution in [-0.2, 0) is 16.1 Å². The number of aliphatic carboxylic acids is 1. The number of anilines is 1. The Morgan fingerprint density at radius 1 is 1.17 bits per heavy atom. The largest absolute Gasteiger partial charge is 0.472 e. The van der Waals surface area contributed by atoms with Crippen LogP contribution in [0.2, 0.25) is 0 Å². The molecule has 190 valence electrons. The zero-order valence-corrected chi connectivity index (χ0v) is 21.7. The number of carboxylic acid groups (broad SMARTS) is 1. The lowest BCUT2D eigenvalue weighted by Crippen LogP contribution is -2.35. The van der Waals surface area contributed by atoms with Gasteiger partial charge >= 0.3 is 12.1 Å². The second-order valence-electron chi connectivity index (χ2n) is 9.04. The van der Waals surface area contributed by atoms with Gasteiger partial charge in [0, 0.05) is 29.5 Å². The summed E-state index contributed by atoms with van der Waals surface area (Å²) < 4.78 is 7.12. The number of ether oxygens (including phenoxy) is 1. The fraction of sp³-hybridized carbons (Fsp3) is 0.385. The summed E-state index contributed by atoms with van der Waals surface area (Å²) in [6, 6.07) is 11.5. The molecule has 0 saturated heterocycles. The SMILES string of the molecule is CCCSc1cc(NCCNC(=O)OC(C)(C)C)c2nnn(Cc3ccc(C#CC(=O)O)cc3)c2c1. The maximum Gasteiger partial charge on any atom is 0.407 e. The molecule has 9 nitrogen and oxygen atoms in total. The number of hydrogen-bond donors (Lipinski definition) is 3. The fourth-order valence-corrected chi connectivity index (χ4v) is 4.10. The van der Waals surface area contributed by atoms with Gasteiger partial charge in [0.05, 0.1) is 17.7 Å². The molecule has 0 saturated carbocycles. The van der Waals surface area contributed by atoms with E-state index in [1.165, 1.54) is 0 Å². The van der Waals surface area contributed by atoms with E-state index in [4.69, 9.17) is 9.84 Å². The first-order chi connectivity index (χ1) is 17.1. The molecule has 1 heterocycles. The number of carboxylic acids is 1. The third-order valence-corrected chi connectivity index (χ3v) is 5.96. The van der Waals surface area contributed by atoms with E-state index in [0.29, 0.717) is 25.2 Å². The first-order valence-corrected chi connectivity index (χ1v) is 12.7. The third-order valence-electron chi connectivity index (χ3n) is 4.78. The maximum absolute atomic E-state index is 11.9. The molecule has 0 radical (unpaired) electrons. The Hall–Kier alpha value is -3.71. The average Bonchev–Trinajstić information content (AvgIpc) is 3.21. The van der Waals surface area contributed by atoms with Crippen molar-refractivity contribution < 1.29 is 19.4 Å². The molecule has 0 bridgehead atoms. The zero-order chi connectivity index (χ0) is 26.1. The van der Waals surface area contributed by atoms with Gasteiger partial charge < -0.3 is 20.5 Å². The summed E-state index contributed by atoms with van der Waals surface area (Å²) in [5, 5.41) is 23.6. The highest BCUT2D eigenvalue weighted by atomic mass is 32.2. The van der Waals surface area contributed by atoms with Crippen LogP contribution < -0.4 is 10.6 Å². The number of hydrogen-bond acceptors (Lipinski definition) is 7. The lowest BCUT2D eigenvalue weighted by atomic mass is 10.1. The number of carbonyl (C=O) groups excluding carboxylic acids is 1. The van der Waals surface area contributed by atoms with Gasteiger partial charge in [0.15, 0.2) is 0 Å². The molecule has 0 unspecified atom stereocenters. The van der Waals surface area contributed by atoms with Gasteiger partial charge in [0.1, 0.15) is 11.1 Å². The lowest BCUT2D eigenvalue weighted by Gasteiger charge is -2.19. The van der Waals surface area contributed by atoms with E-state index in [2.05, 4.69) is 51.8 Å². The first kappa shape index (κ1) is 26.9. The number of nitrogens with one attached hydrogen (secondary N) is 2. The Kier molecular flexibility index (Phi) is 9.19. The second kappa shape index (κ2) is 12.3. The molecule has 10 heteroatoms. The van der Waals surface area contributed by atoms with Crippen LogP contribution in [0, 0.1) is 11.8 Å². The summed E-state index contributed by atoms with van der Waals surface area (Å²) in [6.07, 6.45) is 0.604. The van der Waals surface area contributed by atoms with Gasteiger partial charge in [-0.05, 0) is 62.8 Å². The Balaban J connectivity index is 1.75. The molecule has 3 N–H and O–H groups in total. The number of alkyl carbamates (subject to hydrolysis) is 1. The molecule has 1 amide bonds. The number of rotatable bonds is 9. The molecule has 2 aromatic carbocycles. The molecule has 0 fully saturated rings. The van der Waals surface area contributed by atoms with Crippen LogP contribution in [0.4, 0.5) is 10.5 Å². The lowest BCUT2D eigenvalue weighted by molar-refractivity contribution is -0.130. The molecular formula is C26H31N5O4S. The topological polar surface area (TPSA) is 118 Å². The van der Waals surface area contributed by atoms with E-state index in [9.17, 15) is 9.59 Å². The van der Waals surface area contributed by atoms with Crippen molar-refractivity contribution in [2.24, 2.45) is 0 Å². The van der Waals surface area contributed by atoms with E-state index >= 15 is 0 Å². The molecule has 0 aliphatic carbocycles. The summed E-state index contributed by atoms with van der Waals surface area (Å²) in [4.78, 5) is 23.6. The smallest absolute Gasteiger partial charge is 0.407 e. The van der Waals surface area contributed by atoms with Crippen LogP contribution in [0.5, 0.6) is 0 Å². The molecule has 3 rings (SSSR count). The van der Waals surface area contributed by atoms with Crippen molar-refractivity contribution >= 4 is 40.5 Å². The van der Waals surface area contributed by atoms with Gasteiger partial charge in [0.25, 0.3) is 0 Å². The van der Waals surface area contributed by atoms with Crippen molar-refractivity contribution in [2.75, 3.05) is 24.2 Å². The highest BCUT2D eigenvalue weighted by Gasteiger charge is 2.16. The first-order valence-electron chi connectivity index (χ1n) is 11.7. The van der Waals surface area contributed by atoms with Gasteiger partial charge in [-0.1, -0.05) is 30.2 Å². The molecule has 3 aromatic rings. The number of aromatic nitrogens is 3. The van der Waals surface area contributed by atoms with Crippen molar-refractivity contribution in [3.05, 3.63) is 47.5 Å². The quantitative estimate of drug-likeness (QED) is 0.221. The van der Waals surface area contributed by atoms with Crippen LogP contribution in [-0.4, -0.2) is 56.6 Å². The van der Waals surface area contributed by atoms with Gasteiger partial charge in [-0.3, -0.25) is 0 Å². The van der Waals surface area contributed by atoms with Crippen molar-refractivity contribution in [2.45, 2.75) is 51.2 Å². The molecule has 0 spiro atoms. The monoisotopic (exact) mass is 509 g/mol. The normalized spacial score (nSPS) is 11.0. The minimum atomic E-state index is -1.16. The van der Waals surface area contributed by atoms with E-state index < -0.39 is 17.7 Å². The standard InChI is InChI=1S/C26H31N5O4S/c1-5-14-36-20-15-21(27-12-13-28-25(34)35-26(2,3)4)24-22(16-20)31(30-29-24)17-19-8-6-18(7-9-19)10-11-23(32)33/h6-9,15-16,27H,5,12-14,17H2,1-4H3,(H,28,34)(H,32,33). The Labute approximate surface area is 215 Å². The maximum atomic E-state index is 11.9.